The van der Waals surface area contributed by atoms with Crippen LogP contribution in [0.3, 0.4) is 0 Å². The van der Waals surface area contributed by atoms with Crippen LogP contribution in [0.1, 0.15) is 20.3 Å². The topological polar surface area (TPSA) is 76.1 Å². The molecule has 1 rings (SSSR count). The minimum atomic E-state index is -1.22. The van der Waals surface area contributed by atoms with E-state index < -0.39 is 23.6 Å². The summed E-state index contributed by atoms with van der Waals surface area (Å²) in [6.07, 6.45) is -0.709. The number of carboxylic acid groups (broad SMARTS) is 1. The van der Waals surface area contributed by atoms with Crippen molar-refractivity contribution in [3.8, 4) is 0 Å². The number of hydrogen-bond donors (Lipinski definition) is 1. The molecule has 0 aliphatic carbocycles. The van der Waals surface area contributed by atoms with Crippen molar-refractivity contribution in [3.05, 3.63) is 0 Å². The van der Waals surface area contributed by atoms with Gasteiger partial charge in [0.25, 0.3) is 0 Å². The molecule has 0 saturated carbocycles. The molecule has 0 radical (unpaired) electrons. The lowest BCUT2D eigenvalue weighted by molar-refractivity contribution is -0.150. The number of carbonyl (C=O) groups excluding carboxylic acids is 1. The van der Waals surface area contributed by atoms with Crippen LogP contribution in [0.5, 0.6) is 0 Å². The summed E-state index contributed by atoms with van der Waals surface area (Å²) in [4.78, 5) is 21.8. The van der Waals surface area contributed by atoms with Crippen molar-refractivity contribution < 1.29 is 24.2 Å². The van der Waals surface area contributed by atoms with Gasteiger partial charge >= 0.3 is 11.9 Å². The fourth-order valence-electron chi connectivity index (χ4n) is 1.25. The Morgan fingerprint density at radius 3 is 2.46 bits per heavy atom. The van der Waals surface area contributed by atoms with Crippen LogP contribution in [0.4, 0.5) is 0 Å². The number of hydrogen-bond acceptors (Lipinski definition) is 4. The quantitative estimate of drug-likeness (QED) is 0.503. The van der Waals surface area contributed by atoms with E-state index in [1.165, 1.54) is 0 Å². The summed E-state index contributed by atoms with van der Waals surface area (Å²) in [7, 11) is 0. The molecule has 1 saturated heterocycles. The number of ether oxygens (including phenoxy) is 2. The van der Waals surface area contributed by atoms with Crippen molar-refractivity contribution in [2.24, 2.45) is 0 Å². The molecule has 1 aliphatic rings. The molecule has 1 N–H and O–H groups in total. The van der Waals surface area contributed by atoms with Gasteiger partial charge in [0, 0.05) is 0 Å². The van der Waals surface area contributed by atoms with E-state index >= 15 is 0 Å². The number of carboxylic acids is 1. The van der Waals surface area contributed by atoms with E-state index in [2.05, 4.69) is 0 Å². The smallest absolute Gasteiger partial charge is 0.341 e. The highest BCUT2D eigenvalue weighted by Crippen LogP contribution is 2.40. The fraction of sp³-hybridized carbons (Fsp3) is 0.750. The number of rotatable bonds is 4. The molecule has 0 unspecified atom stereocenters. The molecule has 0 amide bonds. The third-order valence-electron chi connectivity index (χ3n) is 2.06. The van der Waals surface area contributed by atoms with Gasteiger partial charge in [0.1, 0.15) is 0 Å². The Kier molecular flexibility index (Phi) is 2.56. The maximum Gasteiger partial charge on any atom is 0.341 e. The van der Waals surface area contributed by atoms with Crippen molar-refractivity contribution >= 4 is 11.9 Å². The summed E-state index contributed by atoms with van der Waals surface area (Å²) in [5, 5.41) is 8.60. The molecule has 13 heavy (non-hydrogen) atoms. The highest BCUT2D eigenvalue weighted by Gasteiger charge is 2.66. The van der Waals surface area contributed by atoms with Gasteiger partial charge in [0.05, 0.1) is 6.61 Å². The molecule has 1 heterocycles. The highest BCUT2D eigenvalue weighted by atomic mass is 16.7. The number of aliphatic carboxylic acids is 1. The molecule has 1 fully saturated rings. The first-order chi connectivity index (χ1) is 6.08. The Hall–Kier alpha value is -1.10. The normalized spacial score (nSPS) is 31.1. The zero-order valence-electron chi connectivity index (χ0n) is 7.57. The lowest BCUT2D eigenvalue weighted by Gasteiger charge is -2.07. The summed E-state index contributed by atoms with van der Waals surface area (Å²) in [5.41, 5.74) is -1.22. The van der Waals surface area contributed by atoms with Gasteiger partial charge in [0.15, 0.2) is 6.10 Å². The largest absolute Gasteiger partial charge is 0.479 e. The summed E-state index contributed by atoms with van der Waals surface area (Å²) in [5.74, 6) is -1.69. The molecule has 0 aromatic rings. The van der Waals surface area contributed by atoms with Gasteiger partial charge in [-0.15, -0.1) is 0 Å². The molecule has 0 spiro atoms. The SMILES string of the molecule is CCOC(=O)[C@@]1(CC)O[C@@H]1C(=O)O. The van der Waals surface area contributed by atoms with E-state index in [-0.39, 0.29) is 6.61 Å². The molecule has 0 bridgehead atoms. The molecule has 0 aromatic heterocycles. The first-order valence-corrected chi connectivity index (χ1v) is 4.16. The summed E-state index contributed by atoms with van der Waals surface area (Å²) in [6.45, 7) is 3.59. The standard InChI is InChI=1S/C8H12O5/c1-3-8(7(11)12-4-2)5(13-8)6(9)10/h5H,3-4H2,1-2H3,(H,9,10)/t5-,8+/m1/s1. The van der Waals surface area contributed by atoms with E-state index in [1.807, 2.05) is 0 Å². The third kappa shape index (κ3) is 1.51. The summed E-state index contributed by atoms with van der Waals surface area (Å²) < 4.78 is 9.57. The van der Waals surface area contributed by atoms with E-state index in [0.29, 0.717) is 6.42 Å². The Labute approximate surface area is 75.6 Å². The Bertz CT molecular complexity index is 237. The molecule has 2 atom stereocenters. The minimum absolute atomic E-state index is 0.232. The van der Waals surface area contributed by atoms with Crippen molar-refractivity contribution in [2.75, 3.05) is 6.61 Å². The molecule has 74 valence electrons. The van der Waals surface area contributed by atoms with Gasteiger partial charge in [-0.05, 0) is 13.3 Å². The molecule has 0 aromatic carbocycles. The summed E-state index contributed by atoms with van der Waals surface area (Å²) >= 11 is 0. The lowest BCUT2D eigenvalue weighted by atomic mass is 10.0. The average Bonchev–Trinajstić information content (AvgIpc) is 2.80. The second-order valence-corrected chi connectivity index (χ2v) is 2.80. The molecular weight excluding hydrogens is 176 g/mol. The summed E-state index contributed by atoms with van der Waals surface area (Å²) in [6, 6.07) is 0. The van der Waals surface area contributed by atoms with Crippen LogP contribution in [0.2, 0.25) is 0 Å². The maximum atomic E-state index is 11.3. The number of carbonyl (C=O) groups is 2. The number of epoxide rings is 1. The van der Waals surface area contributed by atoms with E-state index in [9.17, 15) is 9.59 Å². The van der Waals surface area contributed by atoms with Gasteiger partial charge in [-0.2, -0.15) is 0 Å². The Morgan fingerprint density at radius 2 is 2.15 bits per heavy atom. The van der Waals surface area contributed by atoms with Gasteiger partial charge in [0.2, 0.25) is 5.60 Å². The van der Waals surface area contributed by atoms with Crippen molar-refractivity contribution in [1.29, 1.82) is 0 Å². The second-order valence-electron chi connectivity index (χ2n) is 2.80. The highest BCUT2D eigenvalue weighted by molar-refractivity contribution is 5.93. The first kappa shape index (κ1) is 9.98. The van der Waals surface area contributed by atoms with E-state index in [0.717, 1.165) is 0 Å². The molecule has 1 aliphatic heterocycles. The van der Waals surface area contributed by atoms with Gasteiger partial charge in [-0.25, -0.2) is 9.59 Å². The predicted molar refractivity (Wildman–Crippen MR) is 42.2 cm³/mol. The molecule has 5 heteroatoms. The van der Waals surface area contributed by atoms with Crippen LogP contribution >= 0.6 is 0 Å². The van der Waals surface area contributed by atoms with Crippen molar-refractivity contribution in [1.82, 2.24) is 0 Å². The van der Waals surface area contributed by atoms with Crippen LogP contribution in [0, 0.1) is 0 Å². The van der Waals surface area contributed by atoms with Crippen molar-refractivity contribution in [3.63, 3.8) is 0 Å². The fourth-order valence-corrected chi connectivity index (χ4v) is 1.25. The lowest BCUT2D eigenvalue weighted by Crippen LogP contribution is -2.31. The first-order valence-electron chi connectivity index (χ1n) is 4.16. The van der Waals surface area contributed by atoms with Crippen molar-refractivity contribution in [2.45, 2.75) is 32.0 Å². The number of esters is 1. The molecular formula is C8H12O5. The zero-order chi connectivity index (χ0) is 10.1. The maximum absolute atomic E-state index is 11.3. The van der Waals surface area contributed by atoms with Gasteiger partial charge in [-0.1, -0.05) is 6.92 Å². The zero-order valence-corrected chi connectivity index (χ0v) is 7.57. The van der Waals surface area contributed by atoms with Gasteiger partial charge < -0.3 is 14.6 Å². The van der Waals surface area contributed by atoms with Crippen LogP contribution in [0.15, 0.2) is 0 Å². The average molecular weight is 188 g/mol. The van der Waals surface area contributed by atoms with Gasteiger partial charge in [-0.3, -0.25) is 0 Å². The monoisotopic (exact) mass is 188 g/mol. The van der Waals surface area contributed by atoms with E-state index in [1.54, 1.807) is 13.8 Å². The van der Waals surface area contributed by atoms with E-state index in [4.69, 9.17) is 14.6 Å². The second kappa shape index (κ2) is 3.33. The third-order valence-corrected chi connectivity index (χ3v) is 2.06. The predicted octanol–water partition coefficient (Wildman–Crippen LogP) is 0.182. The Balaban J connectivity index is 2.65. The van der Waals surface area contributed by atoms with Crippen LogP contribution < -0.4 is 0 Å². The van der Waals surface area contributed by atoms with Crippen LogP contribution in [-0.2, 0) is 19.1 Å². The minimum Gasteiger partial charge on any atom is -0.479 e. The Morgan fingerprint density at radius 1 is 1.54 bits per heavy atom. The van der Waals surface area contributed by atoms with Crippen LogP contribution in [0.25, 0.3) is 0 Å². The molecule has 5 nitrogen and oxygen atoms in total. The van der Waals surface area contributed by atoms with Crippen LogP contribution in [-0.4, -0.2) is 35.4 Å².